The number of hydrogen-bond acceptors (Lipinski definition) is 1. The highest BCUT2D eigenvalue weighted by Crippen LogP contribution is 2.11. The molecule has 0 aliphatic rings. The van der Waals surface area contributed by atoms with Gasteiger partial charge in [-0.05, 0) is 30.0 Å². The topological polar surface area (TPSA) is 29.1 Å². The van der Waals surface area contributed by atoms with E-state index >= 15 is 0 Å². The first-order chi connectivity index (χ1) is 8.65. The van der Waals surface area contributed by atoms with E-state index < -0.39 is 0 Å². The molecule has 18 heavy (non-hydrogen) atoms. The van der Waals surface area contributed by atoms with Crippen molar-refractivity contribution in [3.8, 4) is 0 Å². The number of benzene rings is 1. The van der Waals surface area contributed by atoms with Gasteiger partial charge in [-0.1, -0.05) is 37.1 Å². The van der Waals surface area contributed by atoms with Gasteiger partial charge in [-0.3, -0.25) is 4.79 Å². The van der Waals surface area contributed by atoms with Crippen LogP contribution in [0, 0.1) is 5.92 Å². The number of carbonyl (C=O) groups excluding carboxylic acids is 1. The maximum atomic E-state index is 11.8. The quantitative estimate of drug-likeness (QED) is 0.762. The molecule has 1 N–H and O–H groups in total. The first kappa shape index (κ1) is 15.3. The van der Waals surface area contributed by atoms with Gasteiger partial charge in [0.1, 0.15) is 0 Å². The van der Waals surface area contributed by atoms with Crippen LogP contribution in [0.4, 0.5) is 0 Å². The van der Waals surface area contributed by atoms with Crippen LogP contribution in [-0.4, -0.2) is 18.3 Å². The van der Waals surface area contributed by atoms with Crippen LogP contribution in [0.2, 0.25) is 5.02 Å². The fraction of sp³-hybridized carbons (Fsp3) is 0.500. The highest BCUT2D eigenvalue weighted by molar-refractivity contribution is 6.30. The molecule has 0 bridgehead atoms. The molecule has 2 nitrogen and oxygen atoms in total. The van der Waals surface area contributed by atoms with E-state index in [0.29, 0.717) is 29.8 Å². The van der Waals surface area contributed by atoms with Gasteiger partial charge in [0.2, 0.25) is 5.91 Å². The van der Waals surface area contributed by atoms with Crippen LogP contribution in [0.25, 0.3) is 0 Å². The van der Waals surface area contributed by atoms with Crippen molar-refractivity contribution in [1.29, 1.82) is 0 Å². The lowest BCUT2D eigenvalue weighted by atomic mass is 10.0. The van der Waals surface area contributed by atoms with Gasteiger partial charge in [-0.25, -0.2) is 0 Å². The standard InChI is InChI=1S/C14H19Cl2NO/c1-2-11(6-7-15)10-17-14(18)9-12-4-3-5-13(16)8-12/h3-5,8,11H,2,6-7,9-10H2,1H3,(H,17,18). The van der Waals surface area contributed by atoms with E-state index in [4.69, 9.17) is 23.2 Å². The molecule has 1 rings (SSSR count). The fourth-order valence-corrected chi connectivity index (χ4v) is 2.28. The summed E-state index contributed by atoms with van der Waals surface area (Å²) in [5, 5.41) is 3.61. The smallest absolute Gasteiger partial charge is 0.224 e. The average molecular weight is 288 g/mol. The third-order valence-electron chi connectivity index (χ3n) is 2.94. The summed E-state index contributed by atoms with van der Waals surface area (Å²) in [7, 11) is 0. The maximum absolute atomic E-state index is 11.8. The van der Waals surface area contributed by atoms with Gasteiger partial charge < -0.3 is 5.32 Å². The minimum Gasteiger partial charge on any atom is -0.356 e. The second-order valence-electron chi connectivity index (χ2n) is 4.36. The van der Waals surface area contributed by atoms with Crippen LogP contribution in [0.3, 0.4) is 0 Å². The molecular formula is C14H19Cl2NO. The van der Waals surface area contributed by atoms with Crippen molar-refractivity contribution in [2.75, 3.05) is 12.4 Å². The number of rotatable bonds is 7. The van der Waals surface area contributed by atoms with E-state index in [1.807, 2.05) is 18.2 Å². The molecular weight excluding hydrogens is 269 g/mol. The molecule has 0 spiro atoms. The van der Waals surface area contributed by atoms with Crippen LogP contribution in [-0.2, 0) is 11.2 Å². The van der Waals surface area contributed by atoms with E-state index in [2.05, 4.69) is 12.2 Å². The molecule has 100 valence electrons. The van der Waals surface area contributed by atoms with E-state index in [1.54, 1.807) is 6.07 Å². The van der Waals surface area contributed by atoms with Gasteiger partial charge >= 0.3 is 0 Å². The Labute approximate surface area is 119 Å². The Morgan fingerprint density at radius 1 is 1.44 bits per heavy atom. The van der Waals surface area contributed by atoms with Crippen molar-refractivity contribution >= 4 is 29.1 Å². The lowest BCUT2D eigenvalue weighted by Gasteiger charge is -2.14. The Morgan fingerprint density at radius 3 is 2.83 bits per heavy atom. The van der Waals surface area contributed by atoms with Gasteiger partial charge in [0.25, 0.3) is 0 Å². The number of nitrogens with one attached hydrogen (secondary N) is 1. The Balaban J connectivity index is 2.37. The van der Waals surface area contributed by atoms with Crippen molar-refractivity contribution in [2.45, 2.75) is 26.2 Å². The molecule has 0 aliphatic carbocycles. The van der Waals surface area contributed by atoms with Crippen LogP contribution in [0.15, 0.2) is 24.3 Å². The number of carbonyl (C=O) groups is 1. The summed E-state index contributed by atoms with van der Waals surface area (Å²) in [5.74, 6) is 1.14. The number of halogens is 2. The summed E-state index contributed by atoms with van der Waals surface area (Å²) in [6.45, 7) is 2.81. The van der Waals surface area contributed by atoms with Crippen molar-refractivity contribution in [3.63, 3.8) is 0 Å². The van der Waals surface area contributed by atoms with E-state index in [9.17, 15) is 4.79 Å². The normalized spacial score (nSPS) is 12.2. The van der Waals surface area contributed by atoms with Crippen LogP contribution < -0.4 is 5.32 Å². The molecule has 0 aliphatic heterocycles. The number of alkyl halides is 1. The third-order valence-corrected chi connectivity index (χ3v) is 3.39. The molecule has 0 fully saturated rings. The van der Waals surface area contributed by atoms with Gasteiger partial charge in [-0.15, -0.1) is 11.6 Å². The van der Waals surface area contributed by atoms with Crippen molar-refractivity contribution < 1.29 is 4.79 Å². The molecule has 0 heterocycles. The first-order valence-corrected chi connectivity index (χ1v) is 7.14. The molecule has 0 saturated carbocycles. The monoisotopic (exact) mass is 287 g/mol. The lowest BCUT2D eigenvalue weighted by molar-refractivity contribution is -0.120. The molecule has 1 amide bonds. The predicted molar refractivity (Wildman–Crippen MR) is 77.3 cm³/mol. The Morgan fingerprint density at radius 2 is 2.22 bits per heavy atom. The Kier molecular flexibility index (Phi) is 7.14. The van der Waals surface area contributed by atoms with Crippen LogP contribution in [0.5, 0.6) is 0 Å². The fourth-order valence-electron chi connectivity index (χ4n) is 1.76. The molecule has 1 unspecified atom stereocenters. The second kappa shape index (κ2) is 8.39. The van der Waals surface area contributed by atoms with Crippen molar-refractivity contribution in [2.24, 2.45) is 5.92 Å². The summed E-state index contributed by atoms with van der Waals surface area (Å²) in [6, 6.07) is 7.38. The average Bonchev–Trinajstić information content (AvgIpc) is 2.34. The zero-order valence-corrected chi connectivity index (χ0v) is 12.1. The van der Waals surface area contributed by atoms with Gasteiger partial charge in [-0.2, -0.15) is 0 Å². The van der Waals surface area contributed by atoms with Crippen LogP contribution in [0.1, 0.15) is 25.3 Å². The SMILES string of the molecule is CCC(CCCl)CNC(=O)Cc1cccc(Cl)c1. The summed E-state index contributed by atoms with van der Waals surface area (Å²) in [4.78, 5) is 11.8. The summed E-state index contributed by atoms with van der Waals surface area (Å²) < 4.78 is 0. The lowest BCUT2D eigenvalue weighted by Crippen LogP contribution is -2.30. The highest BCUT2D eigenvalue weighted by Gasteiger charge is 2.08. The second-order valence-corrected chi connectivity index (χ2v) is 5.18. The van der Waals surface area contributed by atoms with Crippen molar-refractivity contribution in [1.82, 2.24) is 5.32 Å². The van der Waals surface area contributed by atoms with Crippen molar-refractivity contribution in [3.05, 3.63) is 34.9 Å². The molecule has 1 aromatic carbocycles. The Hall–Kier alpha value is -0.730. The summed E-state index contributed by atoms with van der Waals surface area (Å²) in [6.07, 6.45) is 2.34. The minimum atomic E-state index is 0.0327. The van der Waals surface area contributed by atoms with Gasteiger partial charge in [0, 0.05) is 17.4 Å². The first-order valence-electron chi connectivity index (χ1n) is 6.22. The van der Waals surface area contributed by atoms with Gasteiger partial charge in [0.05, 0.1) is 6.42 Å². The molecule has 0 aromatic heterocycles. The highest BCUT2D eigenvalue weighted by atomic mass is 35.5. The Bertz CT molecular complexity index is 382. The third kappa shape index (κ3) is 5.74. The van der Waals surface area contributed by atoms with E-state index in [1.165, 1.54) is 0 Å². The number of hydrogen-bond donors (Lipinski definition) is 1. The molecule has 4 heteroatoms. The minimum absolute atomic E-state index is 0.0327. The summed E-state index contributed by atoms with van der Waals surface area (Å²) in [5.41, 5.74) is 0.936. The van der Waals surface area contributed by atoms with Gasteiger partial charge in [0.15, 0.2) is 0 Å². The zero-order valence-electron chi connectivity index (χ0n) is 10.6. The summed E-state index contributed by atoms with van der Waals surface area (Å²) >= 11 is 11.6. The zero-order chi connectivity index (χ0) is 13.4. The van der Waals surface area contributed by atoms with E-state index in [-0.39, 0.29) is 5.91 Å². The van der Waals surface area contributed by atoms with Crippen LogP contribution >= 0.6 is 23.2 Å². The molecule has 1 atom stereocenters. The van der Waals surface area contributed by atoms with E-state index in [0.717, 1.165) is 18.4 Å². The molecule has 0 saturated heterocycles. The molecule has 1 aromatic rings. The molecule has 0 radical (unpaired) electrons. The maximum Gasteiger partial charge on any atom is 0.224 e. The largest absolute Gasteiger partial charge is 0.356 e. The predicted octanol–water partition coefficient (Wildman–Crippen LogP) is 3.65. The number of amides is 1.